The Morgan fingerprint density at radius 1 is 0.921 bits per heavy atom. The molecule has 1 atom stereocenters. The molecule has 0 aliphatic rings. The Bertz CT molecular complexity index is 1370. The first-order chi connectivity index (χ1) is 18.1. The number of sulfonamides is 1. The van der Waals surface area contributed by atoms with E-state index in [1.165, 1.54) is 23.1 Å². The van der Waals surface area contributed by atoms with Crippen molar-refractivity contribution in [2.75, 3.05) is 17.4 Å². The average molecular weight is 597 g/mol. The Morgan fingerprint density at radius 2 is 1.55 bits per heavy atom. The molecule has 2 amide bonds. The van der Waals surface area contributed by atoms with Crippen LogP contribution in [0.1, 0.15) is 25.8 Å². The van der Waals surface area contributed by atoms with Gasteiger partial charge in [0.1, 0.15) is 12.6 Å². The highest BCUT2D eigenvalue weighted by Gasteiger charge is 2.33. The molecule has 0 aromatic heterocycles. The van der Waals surface area contributed by atoms with E-state index >= 15 is 0 Å². The Morgan fingerprint density at radius 3 is 2.16 bits per heavy atom. The predicted molar refractivity (Wildman–Crippen MR) is 152 cm³/mol. The zero-order valence-corrected chi connectivity index (χ0v) is 24.0. The molecule has 3 aromatic rings. The molecule has 0 heterocycles. The minimum atomic E-state index is -4.17. The van der Waals surface area contributed by atoms with E-state index in [9.17, 15) is 18.0 Å². The normalized spacial score (nSPS) is 12.0. The Kier molecular flexibility index (Phi) is 10.4. The summed E-state index contributed by atoms with van der Waals surface area (Å²) >= 11 is 18.9. The van der Waals surface area contributed by atoms with Crippen molar-refractivity contribution in [2.24, 2.45) is 0 Å². The zero-order valence-electron chi connectivity index (χ0n) is 20.9. The number of anilines is 1. The summed E-state index contributed by atoms with van der Waals surface area (Å²) in [5, 5.41) is 3.72. The minimum Gasteiger partial charge on any atom is -0.354 e. The first kappa shape index (κ1) is 29.8. The SMILES string of the molecule is CCCNC(=O)[C@@H](C)N(Cc1c(Cl)cccc1Cl)C(=O)CN(c1cccc(Cl)c1)S(=O)(=O)c1ccccc1. The molecule has 0 fully saturated rings. The van der Waals surface area contributed by atoms with Gasteiger partial charge in [-0.2, -0.15) is 0 Å². The van der Waals surface area contributed by atoms with Crippen LogP contribution in [0.5, 0.6) is 0 Å². The summed E-state index contributed by atoms with van der Waals surface area (Å²) in [6, 6.07) is 18.0. The van der Waals surface area contributed by atoms with Gasteiger partial charge in [-0.05, 0) is 55.8 Å². The largest absolute Gasteiger partial charge is 0.354 e. The first-order valence-corrected chi connectivity index (χ1v) is 14.5. The molecular weight excluding hydrogens is 569 g/mol. The molecule has 0 aliphatic heterocycles. The Hall–Kier alpha value is -2.78. The van der Waals surface area contributed by atoms with Gasteiger partial charge in [0.25, 0.3) is 10.0 Å². The third-order valence-electron chi connectivity index (χ3n) is 5.81. The van der Waals surface area contributed by atoms with Crippen molar-refractivity contribution in [1.29, 1.82) is 0 Å². The molecule has 3 rings (SSSR count). The molecule has 0 radical (unpaired) electrons. The van der Waals surface area contributed by atoms with E-state index in [-0.39, 0.29) is 23.0 Å². The van der Waals surface area contributed by atoms with E-state index in [1.54, 1.807) is 61.5 Å². The van der Waals surface area contributed by atoms with Crippen LogP contribution in [0.15, 0.2) is 77.7 Å². The van der Waals surface area contributed by atoms with Crippen LogP contribution in [-0.4, -0.2) is 44.3 Å². The van der Waals surface area contributed by atoms with E-state index < -0.39 is 28.5 Å². The van der Waals surface area contributed by atoms with Crippen molar-refractivity contribution in [3.8, 4) is 0 Å². The van der Waals surface area contributed by atoms with Crippen LogP contribution in [0.3, 0.4) is 0 Å². The summed E-state index contributed by atoms with van der Waals surface area (Å²) in [5.41, 5.74) is 0.646. The molecule has 7 nitrogen and oxygen atoms in total. The molecule has 1 N–H and O–H groups in total. The molecule has 0 unspecified atom stereocenters. The van der Waals surface area contributed by atoms with Crippen molar-refractivity contribution < 1.29 is 18.0 Å². The summed E-state index contributed by atoms with van der Waals surface area (Å²) in [7, 11) is -4.17. The van der Waals surface area contributed by atoms with E-state index in [2.05, 4.69) is 5.32 Å². The van der Waals surface area contributed by atoms with Crippen LogP contribution in [0, 0.1) is 0 Å². The molecule has 38 heavy (non-hydrogen) atoms. The smallest absolute Gasteiger partial charge is 0.264 e. The number of benzene rings is 3. The fourth-order valence-electron chi connectivity index (χ4n) is 3.71. The third kappa shape index (κ3) is 7.20. The highest BCUT2D eigenvalue weighted by molar-refractivity contribution is 7.92. The fourth-order valence-corrected chi connectivity index (χ4v) is 5.84. The lowest BCUT2D eigenvalue weighted by atomic mass is 10.1. The lowest BCUT2D eigenvalue weighted by Crippen LogP contribution is -2.51. The molecule has 0 saturated heterocycles. The number of hydrogen-bond donors (Lipinski definition) is 1. The quantitative estimate of drug-likeness (QED) is 0.304. The second-order valence-corrected chi connectivity index (χ2v) is 11.6. The molecule has 0 saturated carbocycles. The number of amides is 2. The van der Waals surface area contributed by atoms with E-state index in [0.717, 1.165) is 4.31 Å². The van der Waals surface area contributed by atoms with E-state index in [1.807, 2.05) is 6.92 Å². The molecule has 3 aromatic carbocycles. The van der Waals surface area contributed by atoms with Crippen LogP contribution in [0.4, 0.5) is 5.69 Å². The van der Waals surface area contributed by atoms with Crippen LogP contribution >= 0.6 is 34.8 Å². The number of rotatable bonds is 11. The van der Waals surface area contributed by atoms with Crippen LogP contribution < -0.4 is 9.62 Å². The standard InChI is InChI=1S/C27H28Cl3N3O4S/c1-3-15-31-27(35)19(2)32(17-23-24(29)13-8-14-25(23)30)26(34)18-33(21-10-7-9-20(28)16-21)38(36,37)22-11-5-4-6-12-22/h4-14,16,19H,3,15,17-18H2,1-2H3,(H,31,35)/t19-/m1/s1. The topological polar surface area (TPSA) is 86.8 Å². The van der Waals surface area contributed by atoms with Crippen molar-refractivity contribution in [3.05, 3.63) is 93.4 Å². The molecule has 202 valence electrons. The van der Waals surface area contributed by atoms with Crippen molar-refractivity contribution in [2.45, 2.75) is 37.8 Å². The van der Waals surface area contributed by atoms with Gasteiger partial charge in [-0.15, -0.1) is 0 Å². The van der Waals surface area contributed by atoms with Gasteiger partial charge in [-0.25, -0.2) is 8.42 Å². The second kappa shape index (κ2) is 13.3. The maximum absolute atomic E-state index is 13.9. The lowest BCUT2D eigenvalue weighted by Gasteiger charge is -2.32. The highest BCUT2D eigenvalue weighted by Crippen LogP contribution is 2.29. The van der Waals surface area contributed by atoms with Gasteiger partial charge >= 0.3 is 0 Å². The lowest BCUT2D eigenvalue weighted by molar-refractivity contribution is -0.139. The molecular formula is C27H28Cl3N3O4S. The number of nitrogens with zero attached hydrogens (tertiary/aromatic N) is 2. The number of carbonyl (C=O) groups excluding carboxylic acids is 2. The number of halogens is 3. The molecule has 11 heteroatoms. The number of carbonyl (C=O) groups is 2. The van der Waals surface area contributed by atoms with Gasteiger partial charge in [-0.1, -0.05) is 72.1 Å². The van der Waals surface area contributed by atoms with Gasteiger partial charge in [0.05, 0.1) is 10.6 Å². The van der Waals surface area contributed by atoms with Crippen molar-refractivity contribution >= 4 is 62.3 Å². The van der Waals surface area contributed by atoms with E-state index in [0.29, 0.717) is 33.6 Å². The molecule has 0 bridgehead atoms. The maximum Gasteiger partial charge on any atom is 0.264 e. The first-order valence-electron chi connectivity index (χ1n) is 11.9. The summed E-state index contributed by atoms with van der Waals surface area (Å²) in [6.45, 7) is 3.21. The Labute approximate surface area is 238 Å². The van der Waals surface area contributed by atoms with Crippen molar-refractivity contribution in [3.63, 3.8) is 0 Å². The molecule has 0 spiro atoms. The van der Waals surface area contributed by atoms with Crippen molar-refractivity contribution in [1.82, 2.24) is 10.2 Å². The monoisotopic (exact) mass is 595 g/mol. The molecule has 0 aliphatic carbocycles. The zero-order chi connectivity index (χ0) is 27.9. The minimum absolute atomic E-state index is 0.00205. The summed E-state index contributed by atoms with van der Waals surface area (Å²) in [4.78, 5) is 28.0. The van der Waals surface area contributed by atoms with Gasteiger partial charge < -0.3 is 10.2 Å². The van der Waals surface area contributed by atoms with Crippen LogP contribution in [0.25, 0.3) is 0 Å². The van der Waals surface area contributed by atoms with Crippen LogP contribution in [0.2, 0.25) is 15.1 Å². The van der Waals surface area contributed by atoms with Gasteiger partial charge in [0.2, 0.25) is 11.8 Å². The highest BCUT2D eigenvalue weighted by atomic mass is 35.5. The fraction of sp³-hybridized carbons (Fsp3) is 0.259. The summed E-state index contributed by atoms with van der Waals surface area (Å²) < 4.78 is 28.4. The summed E-state index contributed by atoms with van der Waals surface area (Å²) in [5.74, 6) is -1.01. The number of nitrogens with one attached hydrogen (secondary N) is 1. The average Bonchev–Trinajstić information content (AvgIpc) is 2.90. The Balaban J connectivity index is 2.05. The van der Waals surface area contributed by atoms with Gasteiger partial charge in [-0.3, -0.25) is 13.9 Å². The van der Waals surface area contributed by atoms with Gasteiger partial charge in [0, 0.05) is 33.7 Å². The maximum atomic E-state index is 13.9. The third-order valence-corrected chi connectivity index (χ3v) is 8.54. The predicted octanol–water partition coefficient (Wildman–Crippen LogP) is 5.79. The van der Waals surface area contributed by atoms with Crippen LogP contribution in [-0.2, 0) is 26.2 Å². The summed E-state index contributed by atoms with van der Waals surface area (Å²) in [6.07, 6.45) is 0.709. The van der Waals surface area contributed by atoms with Gasteiger partial charge in [0.15, 0.2) is 0 Å². The van der Waals surface area contributed by atoms with E-state index in [4.69, 9.17) is 34.8 Å². The second-order valence-electron chi connectivity index (χ2n) is 8.49. The number of hydrogen-bond acceptors (Lipinski definition) is 4.